The van der Waals surface area contributed by atoms with Crippen LogP contribution in [0.15, 0.2) is 42.5 Å². The molecule has 0 saturated carbocycles. The molecule has 0 saturated heterocycles. The number of hydrogen-bond acceptors (Lipinski definition) is 3. The molecular formula is C17H17NO2. The maximum atomic E-state index is 9.24. The Kier molecular flexibility index (Phi) is 4.65. The van der Waals surface area contributed by atoms with Gasteiger partial charge in [0.05, 0.1) is 12.1 Å². The van der Waals surface area contributed by atoms with Crippen LogP contribution < -0.4 is 10.5 Å². The van der Waals surface area contributed by atoms with Gasteiger partial charge in [-0.1, -0.05) is 30.0 Å². The summed E-state index contributed by atoms with van der Waals surface area (Å²) in [7, 11) is 0. The van der Waals surface area contributed by atoms with Crippen LogP contribution >= 0.6 is 0 Å². The molecule has 0 aliphatic heterocycles. The van der Waals surface area contributed by atoms with Crippen LogP contribution in [-0.2, 0) is 6.61 Å². The van der Waals surface area contributed by atoms with Gasteiger partial charge in [0.2, 0.25) is 0 Å². The van der Waals surface area contributed by atoms with E-state index in [2.05, 4.69) is 11.8 Å². The number of phenolic OH excluding ortho intramolecular Hbond substituents is 1. The van der Waals surface area contributed by atoms with Gasteiger partial charge in [0, 0.05) is 0 Å². The van der Waals surface area contributed by atoms with Crippen LogP contribution in [0.3, 0.4) is 0 Å². The zero-order valence-electron chi connectivity index (χ0n) is 11.4. The maximum Gasteiger partial charge on any atom is 0.135 e. The van der Waals surface area contributed by atoms with Crippen molar-refractivity contribution in [2.75, 3.05) is 6.54 Å². The molecule has 0 unspecified atom stereocenters. The molecule has 2 aromatic rings. The minimum atomic E-state index is 0.249. The first kappa shape index (κ1) is 14.0. The van der Waals surface area contributed by atoms with Crippen LogP contribution in [-0.4, -0.2) is 11.7 Å². The van der Waals surface area contributed by atoms with Crippen LogP contribution in [0.1, 0.15) is 16.7 Å². The van der Waals surface area contributed by atoms with Gasteiger partial charge < -0.3 is 15.6 Å². The Labute approximate surface area is 119 Å². The largest absolute Gasteiger partial charge is 0.508 e. The third-order valence-corrected chi connectivity index (χ3v) is 2.79. The lowest BCUT2D eigenvalue weighted by Crippen LogP contribution is -1.98. The molecule has 0 spiro atoms. The quantitative estimate of drug-likeness (QED) is 0.840. The third kappa shape index (κ3) is 3.78. The van der Waals surface area contributed by atoms with Gasteiger partial charge in [-0.05, 0) is 42.3 Å². The van der Waals surface area contributed by atoms with E-state index in [1.807, 2.05) is 37.3 Å². The van der Waals surface area contributed by atoms with Gasteiger partial charge in [0.25, 0.3) is 0 Å². The van der Waals surface area contributed by atoms with Crippen LogP contribution in [0.2, 0.25) is 0 Å². The van der Waals surface area contributed by atoms with Crippen molar-refractivity contribution >= 4 is 0 Å². The summed E-state index contributed by atoms with van der Waals surface area (Å²) in [5.41, 5.74) is 8.36. The molecular weight excluding hydrogens is 250 g/mol. The summed E-state index contributed by atoms with van der Waals surface area (Å²) < 4.78 is 5.79. The van der Waals surface area contributed by atoms with Gasteiger partial charge in [-0.3, -0.25) is 0 Å². The molecule has 102 valence electrons. The van der Waals surface area contributed by atoms with E-state index in [4.69, 9.17) is 10.5 Å². The molecule has 0 atom stereocenters. The molecule has 3 N–H and O–H groups in total. The fourth-order valence-corrected chi connectivity index (χ4v) is 1.77. The van der Waals surface area contributed by atoms with Crippen molar-refractivity contribution in [1.82, 2.24) is 0 Å². The van der Waals surface area contributed by atoms with Crippen LogP contribution in [0.4, 0.5) is 0 Å². The highest BCUT2D eigenvalue weighted by Crippen LogP contribution is 2.21. The van der Waals surface area contributed by atoms with E-state index >= 15 is 0 Å². The second-order valence-electron chi connectivity index (χ2n) is 4.46. The Morgan fingerprint density at radius 1 is 1.15 bits per heavy atom. The lowest BCUT2D eigenvalue weighted by molar-refractivity contribution is 0.305. The van der Waals surface area contributed by atoms with E-state index in [0.29, 0.717) is 13.2 Å². The highest BCUT2D eigenvalue weighted by Gasteiger charge is 2.02. The molecule has 20 heavy (non-hydrogen) atoms. The number of rotatable bonds is 3. The Bertz CT molecular complexity index is 636. The Morgan fingerprint density at radius 2 is 1.90 bits per heavy atom. The topological polar surface area (TPSA) is 55.5 Å². The minimum absolute atomic E-state index is 0.249. The average Bonchev–Trinajstić information content (AvgIpc) is 2.46. The number of phenols is 1. The van der Waals surface area contributed by atoms with E-state index in [0.717, 1.165) is 22.4 Å². The Hall–Kier alpha value is -2.44. The number of benzene rings is 2. The number of aromatic hydroxyl groups is 1. The van der Waals surface area contributed by atoms with Crippen molar-refractivity contribution in [2.45, 2.75) is 13.5 Å². The maximum absolute atomic E-state index is 9.24. The lowest BCUT2D eigenvalue weighted by Gasteiger charge is -2.09. The molecule has 0 aliphatic rings. The fourth-order valence-electron chi connectivity index (χ4n) is 1.77. The van der Waals surface area contributed by atoms with Crippen LogP contribution in [0, 0.1) is 18.8 Å². The SMILES string of the molecule is Cc1ccc(OCc2ccc(O)cc2)c(C#CCN)c1. The third-order valence-electron chi connectivity index (χ3n) is 2.79. The smallest absolute Gasteiger partial charge is 0.135 e. The second kappa shape index (κ2) is 6.65. The Balaban J connectivity index is 2.14. The summed E-state index contributed by atoms with van der Waals surface area (Å²) in [6, 6.07) is 12.8. The molecule has 0 radical (unpaired) electrons. The zero-order valence-corrected chi connectivity index (χ0v) is 11.4. The summed E-state index contributed by atoms with van der Waals surface area (Å²) in [6.07, 6.45) is 0. The predicted octanol–water partition coefficient (Wildman–Crippen LogP) is 2.59. The predicted molar refractivity (Wildman–Crippen MR) is 79.6 cm³/mol. The van der Waals surface area contributed by atoms with Crippen LogP contribution in [0.25, 0.3) is 0 Å². The van der Waals surface area contributed by atoms with Crippen molar-refractivity contribution in [3.8, 4) is 23.3 Å². The molecule has 0 amide bonds. The van der Waals surface area contributed by atoms with Crippen LogP contribution in [0.5, 0.6) is 11.5 Å². The molecule has 0 fully saturated rings. The highest BCUT2D eigenvalue weighted by atomic mass is 16.5. The fraction of sp³-hybridized carbons (Fsp3) is 0.176. The summed E-state index contributed by atoms with van der Waals surface area (Å²) in [6.45, 7) is 2.77. The van der Waals surface area contributed by atoms with E-state index < -0.39 is 0 Å². The van der Waals surface area contributed by atoms with Gasteiger partial charge in [0.1, 0.15) is 18.1 Å². The van der Waals surface area contributed by atoms with Crippen molar-refractivity contribution < 1.29 is 9.84 Å². The van der Waals surface area contributed by atoms with Gasteiger partial charge in [-0.2, -0.15) is 0 Å². The van der Waals surface area contributed by atoms with Gasteiger partial charge >= 0.3 is 0 Å². The van der Waals surface area contributed by atoms with E-state index in [9.17, 15) is 5.11 Å². The standard InChI is InChI=1S/C17H17NO2/c1-13-4-9-17(15(11-13)3-2-10-18)20-12-14-5-7-16(19)8-6-14/h4-9,11,19H,10,12,18H2,1H3. The van der Waals surface area contributed by atoms with Gasteiger partial charge in [0.15, 0.2) is 0 Å². The van der Waals surface area contributed by atoms with Crippen molar-refractivity contribution in [3.05, 3.63) is 59.2 Å². The molecule has 2 aromatic carbocycles. The van der Waals surface area contributed by atoms with Gasteiger partial charge in [-0.15, -0.1) is 0 Å². The monoisotopic (exact) mass is 267 g/mol. The van der Waals surface area contributed by atoms with Crippen molar-refractivity contribution in [1.29, 1.82) is 0 Å². The first-order chi connectivity index (χ1) is 9.69. The molecule has 0 bridgehead atoms. The molecule has 0 heterocycles. The number of aryl methyl sites for hydroxylation is 1. The molecule has 3 nitrogen and oxygen atoms in total. The molecule has 3 heteroatoms. The van der Waals surface area contributed by atoms with E-state index in [1.54, 1.807) is 12.1 Å². The van der Waals surface area contributed by atoms with E-state index in [-0.39, 0.29) is 5.75 Å². The zero-order chi connectivity index (χ0) is 14.4. The lowest BCUT2D eigenvalue weighted by atomic mass is 10.1. The average molecular weight is 267 g/mol. The molecule has 0 aliphatic carbocycles. The molecule has 2 rings (SSSR count). The number of hydrogen-bond donors (Lipinski definition) is 2. The Morgan fingerprint density at radius 3 is 2.60 bits per heavy atom. The second-order valence-corrected chi connectivity index (χ2v) is 4.46. The highest BCUT2D eigenvalue weighted by molar-refractivity contribution is 5.48. The summed E-state index contributed by atoms with van der Waals surface area (Å²) >= 11 is 0. The van der Waals surface area contributed by atoms with Gasteiger partial charge in [-0.25, -0.2) is 0 Å². The van der Waals surface area contributed by atoms with E-state index in [1.165, 1.54) is 0 Å². The first-order valence-electron chi connectivity index (χ1n) is 6.39. The summed E-state index contributed by atoms with van der Waals surface area (Å²) in [5, 5.41) is 9.24. The number of nitrogens with two attached hydrogens (primary N) is 1. The summed E-state index contributed by atoms with van der Waals surface area (Å²) in [5.74, 6) is 6.85. The molecule has 0 aromatic heterocycles. The summed E-state index contributed by atoms with van der Waals surface area (Å²) in [4.78, 5) is 0. The normalized spacial score (nSPS) is 9.70. The minimum Gasteiger partial charge on any atom is -0.508 e. The number of ether oxygens (including phenoxy) is 1. The van der Waals surface area contributed by atoms with Crippen molar-refractivity contribution in [2.24, 2.45) is 5.73 Å². The van der Waals surface area contributed by atoms with Crippen molar-refractivity contribution in [3.63, 3.8) is 0 Å². The first-order valence-corrected chi connectivity index (χ1v) is 6.39.